The number of amides is 1. The Morgan fingerprint density at radius 2 is 2.09 bits per heavy atom. The fourth-order valence-corrected chi connectivity index (χ4v) is 7.30. The molecule has 2 aromatic rings. The molecule has 0 spiro atoms. The van der Waals surface area contributed by atoms with Crippen LogP contribution in [-0.2, 0) is 28.4 Å². The number of imidazole rings is 1. The first-order chi connectivity index (χ1) is 16.3. The first-order valence-corrected chi connectivity index (χ1v) is 13.0. The molecule has 0 unspecified atom stereocenters. The van der Waals surface area contributed by atoms with E-state index in [2.05, 4.69) is 10.3 Å². The number of carbonyl (C=O) groups excluding carboxylic acids is 1. The predicted molar refractivity (Wildman–Crippen MR) is 124 cm³/mol. The highest BCUT2D eigenvalue weighted by Crippen LogP contribution is 2.50. The predicted octanol–water partition coefficient (Wildman–Crippen LogP) is 0.636. The summed E-state index contributed by atoms with van der Waals surface area (Å²) in [5.41, 5.74) is 0.707. The second-order valence-corrected chi connectivity index (χ2v) is 11.2. The molecule has 2 fully saturated rings. The van der Waals surface area contributed by atoms with E-state index in [1.807, 2.05) is 6.92 Å². The molecule has 10 nitrogen and oxygen atoms in total. The van der Waals surface area contributed by atoms with Crippen molar-refractivity contribution in [2.24, 2.45) is 18.9 Å². The quantitative estimate of drug-likeness (QED) is 0.616. The molecule has 182 valence electrons. The maximum absolute atomic E-state index is 13.8. The Bertz CT molecular complexity index is 1310. The third-order valence-corrected chi connectivity index (χ3v) is 9.13. The molecule has 2 aliphatic heterocycles. The average molecular weight is 488 g/mol. The molecule has 1 aliphatic carbocycles. The van der Waals surface area contributed by atoms with Gasteiger partial charge < -0.3 is 19.6 Å². The third kappa shape index (κ3) is 3.45. The minimum absolute atomic E-state index is 0.0561. The first-order valence-electron chi connectivity index (χ1n) is 11.6. The van der Waals surface area contributed by atoms with E-state index in [1.165, 1.54) is 16.8 Å². The van der Waals surface area contributed by atoms with Gasteiger partial charge in [-0.3, -0.25) is 9.59 Å². The van der Waals surface area contributed by atoms with Gasteiger partial charge in [0.25, 0.3) is 15.6 Å². The summed E-state index contributed by atoms with van der Waals surface area (Å²) in [6, 6.07) is 1.77. The number of aliphatic hydroxyl groups is 1. The number of nitrogens with one attached hydrogen (secondary N) is 1. The Hall–Kier alpha value is -2.76. The summed E-state index contributed by atoms with van der Waals surface area (Å²) >= 11 is 0. The minimum atomic E-state index is -4.10. The number of fused-ring (bicyclic) bond motifs is 4. The van der Waals surface area contributed by atoms with Crippen LogP contribution in [0.3, 0.4) is 0 Å². The fourth-order valence-electron chi connectivity index (χ4n) is 5.49. The third-order valence-electron chi connectivity index (χ3n) is 7.34. The van der Waals surface area contributed by atoms with Gasteiger partial charge in [-0.25, -0.2) is 13.4 Å². The summed E-state index contributed by atoms with van der Waals surface area (Å²) < 4.78 is 32.0. The number of hydrogen-bond donors (Lipinski definition) is 2. The molecule has 5 rings (SSSR count). The number of aromatic nitrogens is 3. The van der Waals surface area contributed by atoms with Crippen molar-refractivity contribution < 1.29 is 18.3 Å². The van der Waals surface area contributed by atoms with E-state index in [0.29, 0.717) is 11.3 Å². The van der Waals surface area contributed by atoms with Crippen molar-refractivity contribution >= 4 is 22.0 Å². The van der Waals surface area contributed by atoms with Crippen LogP contribution >= 0.6 is 0 Å². The molecule has 1 saturated heterocycles. The molecule has 2 bridgehead atoms. The van der Waals surface area contributed by atoms with Crippen molar-refractivity contribution in [3.05, 3.63) is 52.3 Å². The van der Waals surface area contributed by atoms with E-state index < -0.39 is 33.9 Å². The molecule has 11 heteroatoms. The molecule has 0 radical (unpaired) electrons. The number of allylic oxidation sites excluding steroid dienone is 1. The smallest absolute Gasteiger partial charge is 0.263 e. The van der Waals surface area contributed by atoms with Crippen LogP contribution < -0.4 is 10.9 Å². The van der Waals surface area contributed by atoms with Gasteiger partial charge >= 0.3 is 0 Å². The molecule has 3 aliphatic rings. The number of pyridine rings is 1. The number of carbonyl (C=O) groups is 1. The normalized spacial score (nSPS) is 27.0. The Labute approximate surface area is 198 Å². The van der Waals surface area contributed by atoms with Gasteiger partial charge in [0, 0.05) is 55.7 Å². The first kappa shape index (κ1) is 23.0. The second kappa shape index (κ2) is 8.47. The van der Waals surface area contributed by atoms with Crippen molar-refractivity contribution in [1.29, 1.82) is 0 Å². The number of hydrogen-bond acceptors (Lipinski definition) is 6. The van der Waals surface area contributed by atoms with Crippen molar-refractivity contribution in [2.45, 2.75) is 55.9 Å². The molecule has 2 aromatic heterocycles. The van der Waals surface area contributed by atoms with Crippen LogP contribution in [0.2, 0.25) is 0 Å². The van der Waals surface area contributed by atoms with Crippen LogP contribution in [-0.4, -0.2) is 56.5 Å². The van der Waals surface area contributed by atoms with E-state index in [4.69, 9.17) is 0 Å². The topological polar surface area (TPSA) is 127 Å². The van der Waals surface area contributed by atoms with Gasteiger partial charge in [0.05, 0.1) is 18.3 Å². The zero-order chi connectivity index (χ0) is 24.2. The van der Waals surface area contributed by atoms with Crippen molar-refractivity contribution in [3.63, 3.8) is 0 Å². The van der Waals surface area contributed by atoms with Gasteiger partial charge in [0.2, 0.25) is 5.91 Å². The van der Waals surface area contributed by atoms with E-state index in [-0.39, 0.29) is 35.7 Å². The summed E-state index contributed by atoms with van der Waals surface area (Å²) in [6.45, 7) is 1.50. The number of nitrogens with zero attached hydrogens (tertiary/aromatic N) is 4. The summed E-state index contributed by atoms with van der Waals surface area (Å²) in [5.74, 6) is -1.77. The van der Waals surface area contributed by atoms with Gasteiger partial charge in [-0.2, -0.15) is 4.31 Å². The molecule has 1 amide bonds. The van der Waals surface area contributed by atoms with Crippen LogP contribution in [0.5, 0.6) is 0 Å². The maximum Gasteiger partial charge on any atom is 0.263 e. The van der Waals surface area contributed by atoms with Crippen LogP contribution in [0.25, 0.3) is 6.08 Å². The summed E-state index contributed by atoms with van der Waals surface area (Å²) in [7, 11) is -2.42. The van der Waals surface area contributed by atoms with Gasteiger partial charge in [-0.1, -0.05) is 12.2 Å². The van der Waals surface area contributed by atoms with Crippen molar-refractivity contribution in [3.8, 4) is 0 Å². The number of aliphatic hydroxyl groups excluding tert-OH is 1. The van der Waals surface area contributed by atoms with Gasteiger partial charge in [0.15, 0.2) is 5.03 Å². The molecular formula is C23H29N5O5S. The van der Waals surface area contributed by atoms with Gasteiger partial charge in [-0.15, -0.1) is 0 Å². The Balaban J connectivity index is 1.67. The maximum atomic E-state index is 13.8. The highest BCUT2D eigenvalue weighted by Gasteiger charge is 2.60. The summed E-state index contributed by atoms with van der Waals surface area (Å²) in [5, 5.41) is 13.3. The van der Waals surface area contributed by atoms with E-state index in [1.54, 1.807) is 40.5 Å². The monoisotopic (exact) mass is 487 g/mol. The zero-order valence-corrected chi connectivity index (χ0v) is 20.0. The average Bonchev–Trinajstić information content (AvgIpc) is 3.32. The Morgan fingerprint density at radius 1 is 1.32 bits per heavy atom. The summed E-state index contributed by atoms with van der Waals surface area (Å²) in [6.07, 6.45) is 9.11. The van der Waals surface area contributed by atoms with Crippen LogP contribution in [0.1, 0.15) is 43.5 Å². The lowest BCUT2D eigenvalue weighted by Crippen LogP contribution is -2.49. The molecule has 34 heavy (non-hydrogen) atoms. The standard InChI is InChI=1S/C23H29N5O5S/c1-3-5-14-8-9-17-21-20(22(30)25-15-6-4-7-15)16(12-29)18(10-27(17)23(14)31)28(21)34(32,33)19-11-26(2)13-24-19/h3,5,8-9,11,13,15-16,18,20-21,29H,4,6-7,10,12H2,1-2H3,(H,25,30)/b5-3-/t16-,18-,20+,21+/m0/s1. The molecule has 4 heterocycles. The Kier molecular flexibility index (Phi) is 5.73. The number of sulfonamides is 1. The van der Waals surface area contributed by atoms with E-state index in [9.17, 15) is 23.1 Å². The SMILES string of the molecule is C/C=C\c1ccc2n(c1=O)C[C@H]1[C@H](CO)[C@@H](C(=O)NC3CCC3)[C@@H]2N1S(=O)(=O)c1cn(C)cn1. The Morgan fingerprint density at radius 3 is 2.68 bits per heavy atom. The highest BCUT2D eigenvalue weighted by molar-refractivity contribution is 7.89. The number of aryl methyl sites for hydroxylation is 1. The minimum Gasteiger partial charge on any atom is -0.396 e. The van der Waals surface area contributed by atoms with Gasteiger partial charge in [-0.05, 0) is 38.3 Å². The lowest BCUT2D eigenvalue weighted by Gasteiger charge is -2.37. The van der Waals surface area contributed by atoms with Gasteiger partial charge in [0.1, 0.15) is 0 Å². The van der Waals surface area contributed by atoms with E-state index >= 15 is 0 Å². The molecule has 2 N–H and O–H groups in total. The van der Waals surface area contributed by atoms with Crippen LogP contribution in [0.4, 0.5) is 0 Å². The van der Waals surface area contributed by atoms with Crippen LogP contribution in [0.15, 0.2) is 40.6 Å². The molecular weight excluding hydrogens is 458 g/mol. The molecule has 1 saturated carbocycles. The lowest BCUT2D eigenvalue weighted by atomic mass is 9.85. The fraction of sp³-hybridized carbons (Fsp3) is 0.522. The van der Waals surface area contributed by atoms with Crippen molar-refractivity contribution in [1.82, 2.24) is 23.7 Å². The van der Waals surface area contributed by atoms with E-state index in [0.717, 1.165) is 19.3 Å². The largest absolute Gasteiger partial charge is 0.396 e. The molecule has 4 atom stereocenters. The lowest BCUT2D eigenvalue weighted by molar-refractivity contribution is -0.128. The second-order valence-electron chi connectivity index (χ2n) is 9.36. The summed E-state index contributed by atoms with van der Waals surface area (Å²) in [4.78, 5) is 30.8. The number of rotatable bonds is 6. The van der Waals surface area contributed by atoms with Crippen molar-refractivity contribution in [2.75, 3.05) is 6.61 Å². The highest BCUT2D eigenvalue weighted by atomic mass is 32.2. The zero-order valence-electron chi connectivity index (χ0n) is 19.2. The van der Waals surface area contributed by atoms with Crippen LogP contribution in [0, 0.1) is 11.8 Å². The molecule has 0 aromatic carbocycles.